The third-order valence-corrected chi connectivity index (χ3v) is 4.39. The van der Waals surface area contributed by atoms with Crippen LogP contribution < -0.4 is 5.73 Å². The highest BCUT2D eigenvalue weighted by molar-refractivity contribution is 9.11. The maximum absolute atomic E-state index is 6.08. The zero-order chi connectivity index (χ0) is 10.8. The van der Waals surface area contributed by atoms with Crippen molar-refractivity contribution in [2.24, 2.45) is 5.73 Å². The van der Waals surface area contributed by atoms with Crippen LogP contribution in [-0.2, 0) is 6.42 Å². The minimum absolute atomic E-state index is 0.0244. The lowest BCUT2D eigenvalue weighted by Crippen LogP contribution is -2.12. The van der Waals surface area contributed by atoms with Crippen molar-refractivity contribution in [3.63, 3.8) is 0 Å². The number of rotatable bonds is 3. The summed E-state index contributed by atoms with van der Waals surface area (Å²) in [6, 6.07) is 6.00. The molecule has 0 saturated heterocycles. The number of hydrogen-bond donors (Lipinski definition) is 1. The zero-order valence-corrected chi connectivity index (χ0v) is 11.7. The van der Waals surface area contributed by atoms with Crippen molar-refractivity contribution in [2.75, 3.05) is 0 Å². The summed E-state index contributed by atoms with van der Waals surface area (Å²) in [6.45, 7) is 0. The van der Waals surface area contributed by atoms with Gasteiger partial charge in [0.2, 0.25) is 0 Å². The maximum Gasteiger partial charge on any atom is 0.173 e. The standard InChI is InChI=1S/C10H9Br2NOS/c11-9-2-1-6(15-9)5-8(13)7-3-4-14-10(7)12/h1-4,8H,5,13H2. The average Bonchev–Trinajstić information content (AvgIpc) is 2.75. The van der Waals surface area contributed by atoms with Gasteiger partial charge in [-0.2, -0.15) is 0 Å². The lowest BCUT2D eigenvalue weighted by atomic mass is 10.1. The van der Waals surface area contributed by atoms with E-state index in [9.17, 15) is 0 Å². The van der Waals surface area contributed by atoms with Gasteiger partial charge in [-0.15, -0.1) is 11.3 Å². The minimum atomic E-state index is -0.0244. The smallest absolute Gasteiger partial charge is 0.173 e. The van der Waals surface area contributed by atoms with Crippen molar-refractivity contribution in [3.8, 4) is 0 Å². The van der Waals surface area contributed by atoms with E-state index >= 15 is 0 Å². The number of nitrogens with two attached hydrogens (primary N) is 1. The van der Waals surface area contributed by atoms with E-state index in [0.29, 0.717) is 0 Å². The first-order valence-corrected chi connectivity index (χ1v) is 6.80. The average molecular weight is 351 g/mol. The van der Waals surface area contributed by atoms with Gasteiger partial charge in [0.1, 0.15) is 0 Å². The second-order valence-corrected chi connectivity index (χ2v) is 6.43. The molecule has 1 unspecified atom stereocenters. The van der Waals surface area contributed by atoms with Crippen LogP contribution in [0, 0.1) is 0 Å². The van der Waals surface area contributed by atoms with Crippen LogP contribution in [0.5, 0.6) is 0 Å². The highest BCUT2D eigenvalue weighted by atomic mass is 79.9. The lowest BCUT2D eigenvalue weighted by molar-refractivity contribution is 0.531. The molecule has 2 aromatic heterocycles. The molecule has 0 amide bonds. The first-order valence-electron chi connectivity index (χ1n) is 4.39. The van der Waals surface area contributed by atoms with Gasteiger partial charge in [0.15, 0.2) is 4.67 Å². The first-order chi connectivity index (χ1) is 7.16. The molecule has 0 aromatic carbocycles. The topological polar surface area (TPSA) is 39.2 Å². The molecule has 0 bridgehead atoms. The summed E-state index contributed by atoms with van der Waals surface area (Å²) in [7, 11) is 0. The molecule has 0 aliphatic heterocycles. The number of halogens is 2. The van der Waals surface area contributed by atoms with Crippen molar-refractivity contribution in [1.82, 2.24) is 0 Å². The molecular formula is C10H9Br2NOS. The summed E-state index contributed by atoms with van der Waals surface area (Å²) in [5.41, 5.74) is 7.10. The molecule has 2 aromatic rings. The third-order valence-electron chi connectivity index (χ3n) is 2.10. The predicted octanol–water partition coefficient (Wildman–Crippen LogP) is 4.11. The molecule has 0 saturated carbocycles. The van der Waals surface area contributed by atoms with Gasteiger partial charge in [-0.3, -0.25) is 0 Å². The van der Waals surface area contributed by atoms with E-state index in [1.54, 1.807) is 17.6 Å². The van der Waals surface area contributed by atoms with Gasteiger partial charge in [-0.05, 0) is 50.1 Å². The van der Waals surface area contributed by atoms with Crippen LogP contribution in [0.25, 0.3) is 0 Å². The van der Waals surface area contributed by atoms with E-state index in [4.69, 9.17) is 10.2 Å². The fourth-order valence-corrected chi connectivity index (χ4v) is 3.43. The Bertz CT molecular complexity index is 452. The number of thiophene rings is 1. The van der Waals surface area contributed by atoms with Crippen LogP contribution in [0.3, 0.4) is 0 Å². The van der Waals surface area contributed by atoms with Gasteiger partial charge >= 0.3 is 0 Å². The van der Waals surface area contributed by atoms with E-state index < -0.39 is 0 Å². The fourth-order valence-electron chi connectivity index (χ4n) is 1.36. The molecular weight excluding hydrogens is 342 g/mol. The summed E-state index contributed by atoms with van der Waals surface area (Å²) in [5, 5.41) is 0. The molecule has 1 atom stereocenters. The summed E-state index contributed by atoms with van der Waals surface area (Å²) >= 11 is 8.48. The lowest BCUT2D eigenvalue weighted by Gasteiger charge is -2.07. The van der Waals surface area contributed by atoms with Crippen LogP contribution in [-0.4, -0.2) is 0 Å². The molecule has 0 aliphatic carbocycles. The van der Waals surface area contributed by atoms with E-state index in [1.807, 2.05) is 12.1 Å². The maximum atomic E-state index is 6.08. The minimum Gasteiger partial charge on any atom is -0.457 e. The normalized spacial score (nSPS) is 13.0. The third kappa shape index (κ3) is 2.72. The first kappa shape index (κ1) is 11.4. The van der Waals surface area contributed by atoms with Gasteiger partial charge in [0, 0.05) is 22.9 Å². The van der Waals surface area contributed by atoms with E-state index in [1.165, 1.54) is 4.88 Å². The second-order valence-electron chi connectivity index (χ2n) is 3.17. The Kier molecular flexibility index (Phi) is 3.66. The van der Waals surface area contributed by atoms with Gasteiger partial charge in [0.25, 0.3) is 0 Å². The molecule has 0 aliphatic rings. The molecule has 5 heteroatoms. The fraction of sp³-hybridized carbons (Fsp3) is 0.200. The zero-order valence-electron chi connectivity index (χ0n) is 7.74. The SMILES string of the molecule is NC(Cc1ccc(Br)s1)c1ccoc1Br. The van der Waals surface area contributed by atoms with Crippen LogP contribution in [0.2, 0.25) is 0 Å². The van der Waals surface area contributed by atoms with Gasteiger partial charge in [0.05, 0.1) is 10.0 Å². The van der Waals surface area contributed by atoms with Crippen molar-refractivity contribution >= 4 is 43.2 Å². The second kappa shape index (κ2) is 4.82. The highest BCUT2D eigenvalue weighted by Crippen LogP contribution is 2.29. The molecule has 15 heavy (non-hydrogen) atoms. The van der Waals surface area contributed by atoms with E-state index in [2.05, 4.69) is 37.9 Å². The van der Waals surface area contributed by atoms with Gasteiger partial charge in [-0.1, -0.05) is 0 Å². The Labute approximate surface area is 109 Å². The molecule has 0 fully saturated rings. The molecule has 2 N–H and O–H groups in total. The molecule has 2 heterocycles. The van der Waals surface area contributed by atoms with Crippen molar-refractivity contribution < 1.29 is 4.42 Å². The summed E-state index contributed by atoms with van der Waals surface area (Å²) in [6.07, 6.45) is 2.47. The highest BCUT2D eigenvalue weighted by Gasteiger charge is 2.13. The Balaban J connectivity index is 2.10. The quantitative estimate of drug-likeness (QED) is 0.904. The molecule has 2 nitrogen and oxygen atoms in total. The Morgan fingerprint density at radius 3 is 2.67 bits per heavy atom. The number of furan rings is 1. The van der Waals surface area contributed by atoms with E-state index in [0.717, 1.165) is 20.4 Å². The van der Waals surface area contributed by atoms with Crippen molar-refractivity contribution in [3.05, 3.63) is 43.4 Å². The van der Waals surface area contributed by atoms with Crippen molar-refractivity contribution in [1.29, 1.82) is 0 Å². The molecule has 2 rings (SSSR count). The predicted molar refractivity (Wildman–Crippen MR) is 69.1 cm³/mol. The summed E-state index contributed by atoms with van der Waals surface area (Å²) in [4.78, 5) is 1.27. The van der Waals surface area contributed by atoms with Crippen molar-refractivity contribution in [2.45, 2.75) is 12.5 Å². The van der Waals surface area contributed by atoms with Crippen LogP contribution in [0.15, 0.2) is 37.3 Å². The Morgan fingerprint density at radius 1 is 1.33 bits per heavy atom. The monoisotopic (exact) mass is 349 g/mol. The van der Waals surface area contributed by atoms with Crippen LogP contribution in [0.4, 0.5) is 0 Å². The van der Waals surface area contributed by atoms with Crippen LogP contribution >= 0.6 is 43.2 Å². The van der Waals surface area contributed by atoms with Crippen LogP contribution in [0.1, 0.15) is 16.5 Å². The van der Waals surface area contributed by atoms with Gasteiger partial charge < -0.3 is 10.2 Å². The molecule has 0 spiro atoms. The van der Waals surface area contributed by atoms with E-state index in [-0.39, 0.29) is 6.04 Å². The Hall–Kier alpha value is -0.100. The largest absolute Gasteiger partial charge is 0.457 e. The number of hydrogen-bond acceptors (Lipinski definition) is 3. The Morgan fingerprint density at radius 2 is 2.13 bits per heavy atom. The summed E-state index contributed by atoms with van der Waals surface area (Å²) < 4.78 is 7.02. The summed E-state index contributed by atoms with van der Waals surface area (Å²) in [5.74, 6) is 0. The van der Waals surface area contributed by atoms with Gasteiger partial charge in [-0.25, -0.2) is 0 Å². The molecule has 0 radical (unpaired) electrons. The molecule has 80 valence electrons.